The van der Waals surface area contributed by atoms with Gasteiger partial charge in [-0.05, 0) is 12.1 Å². The minimum atomic E-state index is -0.735. The minimum Gasteiger partial charge on any atom is -0.368 e. The highest BCUT2D eigenvalue weighted by molar-refractivity contribution is 5.59. The lowest BCUT2D eigenvalue weighted by molar-refractivity contribution is 0.584. The molecule has 0 fully saturated rings. The maximum Gasteiger partial charge on any atom is 0.232 e. The summed E-state index contributed by atoms with van der Waals surface area (Å²) in [4.78, 5) is 19.6. The summed E-state index contributed by atoms with van der Waals surface area (Å²) < 4.78 is 26.4. The number of aromatic nitrogens is 5. The molecule has 0 saturated heterocycles. The van der Waals surface area contributed by atoms with E-state index in [2.05, 4.69) is 30.2 Å². The molecule has 0 aliphatic rings. The van der Waals surface area contributed by atoms with E-state index >= 15 is 0 Å². The van der Waals surface area contributed by atoms with Crippen molar-refractivity contribution < 1.29 is 8.78 Å². The summed E-state index contributed by atoms with van der Waals surface area (Å²) in [5, 5.41) is 2.66. The maximum atomic E-state index is 13.2. The molecule has 116 valence electrons. The molecule has 2 heterocycles. The number of nitrogens with two attached hydrogens (primary N) is 2. The highest BCUT2D eigenvalue weighted by Crippen LogP contribution is 2.20. The van der Waals surface area contributed by atoms with Crippen molar-refractivity contribution in [1.29, 1.82) is 0 Å². The number of benzene rings is 1. The van der Waals surface area contributed by atoms with E-state index in [1.807, 2.05) is 0 Å². The second-order valence-electron chi connectivity index (χ2n) is 4.45. The molecule has 0 atom stereocenters. The lowest BCUT2D eigenvalue weighted by Crippen LogP contribution is -2.06. The maximum absolute atomic E-state index is 13.2. The van der Waals surface area contributed by atoms with Gasteiger partial charge < -0.3 is 16.8 Å². The van der Waals surface area contributed by atoms with Crippen LogP contribution in [0.3, 0.4) is 0 Å². The first kappa shape index (κ1) is 14.5. The molecular weight excluding hydrogens is 306 g/mol. The number of nitrogen functional groups attached to an aromatic ring is 2. The second-order valence-corrected chi connectivity index (χ2v) is 4.45. The van der Waals surface area contributed by atoms with Crippen LogP contribution in [0.5, 0.6) is 0 Å². The predicted molar refractivity (Wildman–Crippen MR) is 79.3 cm³/mol. The van der Waals surface area contributed by atoms with Gasteiger partial charge in [-0.3, -0.25) is 0 Å². The molecule has 0 unspecified atom stereocenters. The number of rotatable bonds is 3. The van der Waals surface area contributed by atoms with Crippen molar-refractivity contribution in [1.82, 2.24) is 24.9 Å². The first-order chi connectivity index (χ1) is 11.0. The Morgan fingerprint density at radius 1 is 0.826 bits per heavy atom. The first-order valence-electron chi connectivity index (χ1n) is 6.32. The molecule has 0 bridgehead atoms. The quantitative estimate of drug-likeness (QED) is 0.663. The van der Waals surface area contributed by atoms with Gasteiger partial charge in [0.25, 0.3) is 0 Å². The van der Waals surface area contributed by atoms with E-state index in [1.54, 1.807) is 0 Å². The van der Waals surface area contributed by atoms with Gasteiger partial charge in [0.2, 0.25) is 17.8 Å². The Hall–Kier alpha value is -3.43. The van der Waals surface area contributed by atoms with E-state index in [0.29, 0.717) is 5.56 Å². The topological polar surface area (TPSA) is 129 Å². The molecule has 0 saturated carbocycles. The van der Waals surface area contributed by atoms with Gasteiger partial charge in [-0.25, -0.2) is 18.7 Å². The fraction of sp³-hybridized carbons (Fsp3) is 0. The van der Waals surface area contributed by atoms with Crippen LogP contribution >= 0.6 is 0 Å². The highest BCUT2D eigenvalue weighted by atomic mass is 19.1. The van der Waals surface area contributed by atoms with Crippen molar-refractivity contribution in [3.05, 3.63) is 42.2 Å². The normalized spacial score (nSPS) is 10.5. The van der Waals surface area contributed by atoms with Crippen molar-refractivity contribution in [3.63, 3.8) is 0 Å². The van der Waals surface area contributed by atoms with Crippen molar-refractivity contribution in [2.75, 3.05) is 16.8 Å². The summed E-state index contributed by atoms with van der Waals surface area (Å²) >= 11 is 0. The number of hydrogen-bond donors (Lipinski definition) is 3. The number of halogens is 2. The van der Waals surface area contributed by atoms with E-state index < -0.39 is 11.6 Å². The lowest BCUT2D eigenvalue weighted by Gasteiger charge is -2.07. The van der Waals surface area contributed by atoms with Gasteiger partial charge in [0.05, 0.1) is 5.56 Å². The third-order valence-electron chi connectivity index (χ3n) is 2.70. The molecule has 23 heavy (non-hydrogen) atoms. The van der Waals surface area contributed by atoms with Crippen LogP contribution in [0.25, 0.3) is 11.4 Å². The van der Waals surface area contributed by atoms with Crippen LogP contribution in [0.1, 0.15) is 0 Å². The molecule has 0 radical (unpaired) electrons. The number of hydrogen-bond acceptors (Lipinski definition) is 8. The standard InChI is InChI=1S/C13H10F2N8/c14-7-1-8(15)3-9(2-7)20-13-22-10(21-12(17)23-13)6-4-18-11(16)19-5-6/h1-5H,(H2,16,18,19)(H3,17,20,21,22,23). The number of nitrogens with zero attached hydrogens (tertiary/aromatic N) is 5. The molecule has 10 heteroatoms. The summed E-state index contributed by atoms with van der Waals surface area (Å²) in [7, 11) is 0. The smallest absolute Gasteiger partial charge is 0.232 e. The molecule has 0 aliphatic carbocycles. The summed E-state index contributed by atoms with van der Waals surface area (Å²) in [6.45, 7) is 0. The first-order valence-corrected chi connectivity index (χ1v) is 6.32. The largest absolute Gasteiger partial charge is 0.368 e. The Kier molecular flexibility index (Phi) is 3.63. The van der Waals surface area contributed by atoms with Gasteiger partial charge in [-0.1, -0.05) is 0 Å². The van der Waals surface area contributed by atoms with Crippen LogP contribution in [-0.4, -0.2) is 24.9 Å². The zero-order valence-electron chi connectivity index (χ0n) is 11.5. The molecule has 3 rings (SSSR count). The molecule has 0 aliphatic heterocycles. The Balaban J connectivity index is 1.95. The Morgan fingerprint density at radius 2 is 1.48 bits per heavy atom. The van der Waals surface area contributed by atoms with E-state index in [1.165, 1.54) is 12.4 Å². The Bertz CT molecular complexity index is 833. The third kappa shape index (κ3) is 3.43. The summed E-state index contributed by atoms with van der Waals surface area (Å²) in [5.74, 6) is -1.23. The van der Waals surface area contributed by atoms with Crippen LogP contribution in [0, 0.1) is 11.6 Å². The van der Waals surface area contributed by atoms with Crippen molar-refractivity contribution in [3.8, 4) is 11.4 Å². The van der Waals surface area contributed by atoms with Crippen LogP contribution in [0.15, 0.2) is 30.6 Å². The number of nitrogens with one attached hydrogen (secondary N) is 1. The minimum absolute atomic E-state index is 0.0225. The summed E-state index contributed by atoms with van der Waals surface area (Å²) in [6, 6.07) is 2.94. The Labute approximate surface area is 128 Å². The van der Waals surface area contributed by atoms with Gasteiger partial charge in [-0.2, -0.15) is 15.0 Å². The lowest BCUT2D eigenvalue weighted by atomic mass is 10.3. The van der Waals surface area contributed by atoms with Crippen LogP contribution in [0.4, 0.5) is 32.3 Å². The zero-order valence-corrected chi connectivity index (χ0v) is 11.5. The van der Waals surface area contributed by atoms with Gasteiger partial charge in [-0.15, -0.1) is 0 Å². The van der Waals surface area contributed by atoms with E-state index in [4.69, 9.17) is 11.5 Å². The van der Waals surface area contributed by atoms with E-state index in [9.17, 15) is 8.78 Å². The van der Waals surface area contributed by atoms with Gasteiger partial charge in [0.15, 0.2) is 5.82 Å². The number of anilines is 4. The van der Waals surface area contributed by atoms with Crippen molar-refractivity contribution >= 4 is 23.5 Å². The zero-order chi connectivity index (χ0) is 16.4. The molecule has 3 aromatic rings. The van der Waals surface area contributed by atoms with Crippen molar-refractivity contribution in [2.45, 2.75) is 0 Å². The molecule has 8 nitrogen and oxygen atoms in total. The summed E-state index contributed by atoms with van der Waals surface area (Å²) in [5.41, 5.74) is 11.6. The van der Waals surface area contributed by atoms with E-state index in [-0.39, 0.29) is 29.4 Å². The highest BCUT2D eigenvalue weighted by Gasteiger charge is 2.09. The second kappa shape index (κ2) is 5.75. The molecule has 5 N–H and O–H groups in total. The average Bonchev–Trinajstić information content (AvgIpc) is 2.46. The van der Waals surface area contributed by atoms with Crippen molar-refractivity contribution in [2.24, 2.45) is 0 Å². The molecule has 0 spiro atoms. The van der Waals surface area contributed by atoms with Crippen LogP contribution in [-0.2, 0) is 0 Å². The summed E-state index contributed by atoms with van der Waals surface area (Å²) in [6.07, 6.45) is 2.84. The SMILES string of the molecule is Nc1ncc(-c2nc(N)nc(Nc3cc(F)cc(F)c3)n2)cn1. The molecule has 1 aromatic carbocycles. The van der Waals surface area contributed by atoms with Gasteiger partial charge in [0.1, 0.15) is 11.6 Å². The molecule has 0 amide bonds. The van der Waals surface area contributed by atoms with Gasteiger partial charge in [0, 0.05) is 24.1 Å². The molecule has 2 aromatic heterocycles. The van der Waals surface area contributed by atoms with Crippen LogP contribution < -0.4 is 16.8 Å². The third-order valence-corrected chi connectivity index (χ3v) is 2.70. The fourth-order valence-corrected chi connectivity index (χ4v) is 1.79. The van der Waals surface area contributed by atoms with Crippen LogP contribution in [0.2, 0.25) is 0 Å². The molecular formula is C13H10F2N8. The van der Waals surface area contributed by atoms with E-state index in [0.717, 1.165) is 18.2 Å². The fourth-order valence-electron chi connectivity index (χ4n) is 1.79. The predicted octanol–water partition coefficient (Wildman–Crippen LogP) is 1.51. The Morgan fingerprint density at radius 3 is 2.13 bits per heavy atom. The van der Waals surface area contributed by atoms with Gasteiger partial charge >= 0.3 is 0 Å². The average molecular weight is 316 g/mol. The monoisotopic (exact) mass is 316 g/mol.